The highest BCUT2D eigenvalue weighted by Crippen LogP contribution is 2.31. The summed E-state index contributed by atoms with van der Waals surface area (Å²) in [6, 6.07) is 3.25. The van der Waals surface area contributed by atoms with E-state index in [0.717, 1.165) is 12.1 Å². The van der Waals surface area contributed by atoms with Gasteiger partial charge in [0, 0.05) is 23.6 Å². The van der Waals surface area contributed by atoms with E-state index >= 15 is 0 Å². The van der Waals surface area contributed by atoms with Crippen LogP contribution in [0.4, 0.5) is 18.9 Å². The molecule has 1 aromatic rings. The first-order valence-electron chi connectivity index (χ1n) is 4.46. The fourth-order valence-electron chi connectivity index (χ4n) is 1.10. The van der Waals surface area contributed by atoms with Gasteiger partial charge in [-0.05, 0) is 18.2 Å². The van der Waals surface area contributed by atoms with Crippen LogP contribution in [-0.2, 0) is 6.18 Å². The zero-order valence-corrected chi connectivity index (χ0v) is 8.99. The van der Waals surface area contributed by atoms with Gasteiger partial charge in [-0.1, -0.05) is 11.8 Å². The van der Waals surface area contributed by atoms with Crippen molar-refractivity contribution in [3.8, 4) is 11.8 Å². The second-order valence-corrected chi connectivity index (χ2v) is 3.46. The maximum atomic E-state index is 12.4. The Morgan fingerprint density at radius 2 is 1.94 bits per heavy atom. The molecule has 0 heterocycles. The largest absolute Gasteiger partial charge is 0.416 e. The predicted octanol–water partition coefficient (Wildman–Crippen LogP) is 3.27. The van der Waals surface area contributed by atoms with Gasteiger partial charge in [-0.25, -0.2) is 0 Å². The van der Waals surface area contributed by atoms with Crippen molar-refractivity contribution in [2.75, 3.05) is 11.6 Å². The van der Waals surface area contributed by atoms with E-state index in [9.17, 15) is 13.2 Å². The van der Waals surface area contributed by atoms with Crippen LogP contribution in [0.3, 0.4) is 0 Å². The number of nitrogen functional groups attached to an aromatic ring is 1. The topological polar surface area (TPSA) is 26.0 Å². The summed E-state index contributed by atoms with van der Waals surface area (Å²) < 4.78 is 37.2. The van der Waals surface area contributed by atoms with Gasteiger partial charge in [0.1, 0.15) is 0 Å². The average molecular weight is 248 g/mol. The van der Waals surface area contributed by atoms with Gasteiger partial charge in [0.2, 0.25) is 0 Å². The van der Waals surface area contributed by atoms with Crippen molar-refractivity contribution >= 4 is 17.3 Å². The van der Waals surface area contributed by atoms with Crippen LogP contribution in [0.2, 0.25) is 0 Å². The maximum absolute atomic E-state index is 12.4. The van der Waals surface area contributed by atoms with Crippen molar-refractivity contribution in [1.29, 1.82) is 0 Å². The third-order valence-corrected chi connectivity index (χ3v) is 1.92. The molecule has 0 spiro atoms. The van der Waals surface area contributed by atoms with Crippen molar-refractivity contribution < 1.29 is 13.2 Å². The fourth-order valence-corrected chi connectivity index (χ4v) is 1.19. The molecule has 0 bridgehead atoms. The van der Waals surface area contributed by atoms with Crippen LogP contribution in [0.1, 0.15) is 17.5 Å². The van der Waals surface area contributed by atoms with Gasteiger partial charge in [-0.15, -0.1) is 11.6 Å². The number of halogens is 4. The second kappa shape index (κ2) is 5.13. The van der Waals surface area contributed by atoms with Crippen LogP contribution in [-0.4, -0.2) is 5.88 Å². The summed E-state index contributed by atoms with van der Waals surface area (Å²) in [5.74, 6) is 5.59. The summed E-state index contributed by atoms with van der Waals surface area (Å²) in [5.41, 5.74) is 4.87. The molecule has 1 aromatic carbocycles. The Bertz CT molecular complexity index is 429. The number of anilines is 1. The van der Waals surface area contributed by atoms with Crippen LogP contribution in [0, 0.1) is 11.8 Å². The summed E-state index contributed by atoms with van der Waals surface area (Å²) in [5, 5.41) is 0. The molecule has 0 atom stereocenters. The van der Waals surface area contributed by atoms with Crippen molar-refractivity contribution in [1.82, 2.24) is 0 Å². The standard InChI is InChI=1S/C11H9ClF3N/c12-4-2-1-3-8-5-9(11(13,14)15)7-10(16)6-8/h5-7H,2,4,16H2. The van der Waals surface area contributed by atoms with Gasteiger partial charge in [0.05, 0.1) is 5.56 Å². The number of hydrogen-bond donors (Lipinski definition) is 1. The summed E-state index contributed by atoms with van der Waals surface area (Å²) in [4.78, 5) is 0. The van der Waals surface area contributed by atoms with E-state index < -0.39 is 11.7 Å². The molecule has 0 aliphatic heterocycles. The smallest absolute Gasteiger partial charge is 0.399 e. The average Bonchev–Trinajstić information content (AvgIpc) is 2.16. The lowest BCUT2D eigenvalue weighted by molar-refractivity contribution is -0.137. The van der Waals surface area contributed by atoms with E-state index in [2.05, 4.69) is 11.8 Å². The Morgan fingerprint density at radius 1 is 1.25 bits per heavy atom. The molecule has 0 radical (unpaired) electrons. The highest BCUT2D eigenvalue weighted by molar-refractivity contribution is 6.18. The number of benzene rings is 1. The zero-order chi connectivity index (χ0) is 12.2. The molecule has 1 rings (SSSR count). The van der Waals surface area contributed by atoms with E-state index in [1.165, 1.54) is 6.07 Å². The maximum Gasteiger partial charge on any atom is 0.416 e. The van der Waals surface area contributed by atoms with Gasteiger partial charge in [-0.2, -0.15) is 13.2 Å². The number of rotatable bonds is 1. The second-order valence-electron chi connectivity index (χ2n) is 3.08. The molecule has 1 nitrogen and oxygen atoms in total. The van der Waals surface area contributed by atoms with E-state index in [1.807, 2.05) is 0 Å². The normalized spacial score (nSPS) is 10.8. The highest BCUT2D eigenvalue weighted by Gasteiger charge is 2.30. The van der Waals surface area contributed by atoms with E-state index in [1.54, 1.807) is 0 Å². The first kappa shape index (κ1) is 12.7. The quantitative estimate of drug-likeness (QED) is 0.460. The third kappa shape index (κ3) is 3.67. The van der Waals surface area contributed by atoms with Gasteiger partial charge in [0.15, 0.2) is 0 Å². The van der Waals surface area contributed by atoms with E-state index in [0.29, 0.717) is 12.3 Å². The van der Waals surface area contributed by atoms with Crippen LogP contribution < -0.4 is 5.73 Å². The Balaban J connectivity index is 3.05. The zero-order valence-electron chi connectivity index (χ0n) is 8.24. The molecule has 2 N–H and O–H groups in total. The minimum absolute atomic E-state index is 0.0463. The lowest BCUT2D eigenvalue weighted by Crippen LogP contribution is -2.06. The Hall–Kier alpha value is -1.34. The van der Waals surface area contributed by atoms with Gasteiger partial charge in [-0.3, -0.25) is 0 Å². The van der Waals surface area contributed by atoms with Crippen molar-refractivity contribution in [3.05, 3.63) is 29.3 Å². The molecule has 0 saturated carbocycles. The molecule has 0 fully saturated rings. The van der Waals surface area contributed by atoms with Crippen molar-refractivity contribution in [2.24, 2.45) is 0 Å². The lowest BCUT2D eigenvalue weighted by atomic mass is 10.1. The van der Waals surface area contributed by atoms with Crippen LogP contribution in [0.5, 0.6) is 0 Å². The summed E-state index contributed by atoms with van der Waals surface area (Å²) in [6.45, 7) is 0. The molecule has 0 aliphatic rings. The van der Waals surface area contributed by atoms with Gasteiger partial charge >= 0.3 is 6.18 Å². The van der Waals surface area contributed by atoms with E-state index in [4.69, 9.17) is 17.3 Å². The molecule has 86 valence electrons. The SMILES string of the molecule is Nc1cc(C#CCCCl)cc(C(F)(F)F)c1. The third-order valence-electron chi connectivity index (χ3n) is 1.73. The molecule has 0 unspecified atom stereocenters. The monoisotopic (exact) mass is 247 g/mol. The predicted molar refractivity (Wildman–Crippen MR) is 58.1 cm³/mol. The van der Waals surface area contributed by atoms with Crippen molar-refractivity contribution in [3.63, 3.8) is 0 Å². The number of alkyl halides is 4. The first-order chi connectivity index (χ1) is 7.43. The summed E-state index contributed by atoms with van der Waals surface area (Å²) >= 11 is 5.40. The van der Waals surface area contributed by atoms with E-state index in [-0.39, 0.29) is 11.3 Å². The lowest BCUT2D eigenvalue weighted by Gasteiger charge is -2.07. The van der Waals surface area contributed by atoms with Gasteiger partial charge < -0.3 is 5.73 Å². The number of nitrogens with two attached hydrogens (primary N) is 1. The highest BCUT2D eigenvalue weighted by atomic mass is 35.5. The Labute approximate surface area is 96.4 Å². The number of hydrogen-bond acceptors (Lipinski definition) is 1. The summed E-state index contributed by atoms with van der Waals surface area (Å²) in [6.07, 6.45) is -3.98. The Kier molecular flexibility index (Phi) is 4.08. The minimum atomic E-state index is -4.40. The minimum Gasteiger partial charge on any atom is -0.399 e. The fraction of sp³-hybridized carbons (Fsp3) is 0.273. The molecular formula is C11H9ClF3N. The molecule has 16 heavy (non-hydrogen) atoms. The van der Waals surface area contributed by atoms with Crippen LogP contribution >= 0.6 is 11.6 Å². The van der Waals surface area contributed by atoms with Crippen LogP contribution in [0.15, 0.2) is 18.2 Å². The molecule has 0 saturated heterocycles. The molecule has 0 amide bonds. The molecule has 0 aromatic heterocycles. The van der Waals surface area contributed by atoms with Crippen molar-refractivity contribution in [2.45, 2.75) is 12.6 Å². The Morgan fingerprint density at radius 3 is 2.50 bits per heavy atom. The van der Waals surface area contributed by atoms with Gasteiger partial charge in [0.25, 0.3) is 0 Å². The molecule has 0 aliphatic carbocycles. The van der Waals surface area contributed by atoms with Crippen LogP contribution in [0.25, 0.3) is 0 Å². The molecule has 5 heteroatoms. The summed E-state index contributed by atoms with van der Waals surface area (Å²) in [7, 11) is 0. The molecular weight excluding hydrogens is 239 g/mol. The first-order valence-corrected chi connectivity index (χ1v) is 4.99.